The molecule has 0 saturated heterocycles. The summed E-state index contributed by atoms with van der Waals surface area (Å²) in [4.78, 5) is 21.2. The number of ether oxygens (including phenoxy) is 2. The molecule has 1 amide bonds. The van der Waals surface area contributed by atoms with Crippen LogP contribution in [0.15, 0.2) is 48.5 Å². The smallest absolute Gasteiger partial charge is 0.266 e. The van der Waals surface area contributed by atoms with Gasteiger partial charge in [-0.1, -0.05) is 29.5 Å². The Hall–Kier alpha value is -2.64. The molecule has 6 nitrogen and oxygen atoms in total. The number of aromatic nitrogens is 1. The normalized spacial score (nSPS) is 11.0. The number of thiazole rings is 1. The molecule has 2 aromatic carbocycles. The van der Waals surface area contributed by atoms with Gasteiger partial charge in [0, 0.05) is 19.2 Å². The maximum Gasteiger partial charge on any atom is 0.266 e. The van der Waals surface area contributed by atoms with Gasteiger partial charge in [0.05, 0.1) is 17.3 Å². The predicted molar refractivity (Wildman–Crippen MR) is 109 cm³/mol. The number of hydrogen-bond acceptors (Lipinski definition) is 6. The van der Waals surface area contributed by atoms with Crippen LogP contribution in [0.3, 0.4) is 0 Å². The van der Waals surface area contributed by atoms with E-state index in [0.29, 0.717) is 17.4 Å². The largest absolute Gasteiger partial charge is 0.497 e. The number of carbonyl (C=O) groups is 1. The van der Waals surface area contributed by atoms with E-state index in [-0.39, 0.29) is 12.5 Å². The van der Waals surface area contributed by atoms with E-state index < -0.39 is 0 Å². The van der Waals surface area contributed by atoms with E-state index >= 15 is 0 Å². The molecule has 0 aliphatic rings. The first-order chi connectivity index (χ1) is 13.1. The van der Waals surface area contributed by atoms with Gasteiger partial charge in [-0.05, 0) is 38.4 Å². The minimum atomic E-state index is -0.119. The summed E-state index contributed by atoms with van der Waals surface area (Å²) in [5.74, 6) is 1.30. The van der Waals surface area contributed by atoms with E-state index in [1.54, 1.807) is 12.0 Å². The Labute approximate surface area is 162 Å². The maximum atomic E-state index is 12.9. The van der Waals surface area contributed by atoms with Crippen molar-refractivity contribution < 1.29 is 14.3 Å². The van der Waals surface area contributed by atoms with Gasteiger partial charge in [0.25, 0.3) is 5.91 Å². The number of anilines is 1. The molecule has 0 saturated carbocycles. The van der Waals surface area contributed by atoms with Crippen molar-refractivity contribution in [2.24, 2.45) is 0 Å². The molecule has 0 radical (unpaired) electrons. The molecule has 142 valence electrons. The molecule has 1 heterocycles. The summed E-state index contributed by atoms with van der Waals surface area (Å²) in [6.45, 7) is 1.24. The molecule has 0 aliphatic heterocycles. The Morgan fingerprint density at radius 3 is 2.56 bits per heavy atom. The van der Waals surface area contributed by atoms with Crippen LogP contribution in [-0.2, 0) is 4.79 Å². The molecule has 3 aromatic rings. The third kappa shape index (κ3) is 4.96. The van der Waals surface area contributed by atoms with Crippen molar-refractivity contribution in [1.29, 1.82) is 0 Å². The molecule has 0 atom stereocenters. The number of carbonyl (C=O) groups excluding carboxylic acids is 1. The topological polar surface area (TPSA) is 54.9 Å². The number of fused-ring (bicyclic) bond motifs is 1. The third-order valence-corrected chi connectivity index (χ3v) is 5.05. The molecule has 0 spiro atoms. The second kappa shape index (κ2) is 8.83. The van der Waals surface area contributed by atoms with Gasteiger partial charge in [0.2, 0.25) is 0 Å². The van der Waals surface area contributed by atoms with Crippen LogP contribution in [0.4, 0.5) is 5.13 Å². The molecule has 3 rings (SSSR count). The van der Waals surface area contributed by atoms with Crippen LogP contribution in [0.5, 0.6) is 11.5 Å². The van der Waals surface area contributed by atoms with Gasteiger partial charge in [-0.15, -0.1) is 0 Å². The summed E-state index contributed by atoms with van der Waals surface area (Å²) in [7, 11) is 5.58. The SMILES string of the molecule is COc1ccc2sc(N(CCN(C)C)C(=O)COc3ccccc3)nc2c1. The van der Waals surface area contributed by atoms with E-state index in [1.807, 2.05) is 67.5 Å². The number of nitrogens with zero attached hydrogens (tertiary/aromatic N) is 3. The van der Waals surface area contributed by atoms with Crippen LogP contribution < -0.4 is 14.4 Å². The fourth-order valence-electron chi connectivity index (χ4n) is 2.50. The summed E-state index contributed by atoms with van der Waals surface area (Å²) in [5.41, 5.74) is 0.820. The van der Waals surface area contributed by atoms with Crippen molar-refractivity contribution in [1.82, 2.24) is 9.88 Å². The number of methoxy groups -OCH3 is 1. The van der Waals surface area contributed by atoms with Crippen LogP contribution in [0.1, 0.15) is 0 Å². The third-order valence-electron chi connectivity index (χ3n) is 3.99. The molecule has 0 aliphatic carbocycles. The van der Waals surface area contributed by atoms with Crippen molar-refractivity contribution in [3.63, 3.8) is 0 Å². The van der Waals surface area contributed by atoms with Crippen molar-refractivity contribution in [3.05, 3.63) is 48.5 Å². The average molecular weight is 385 g/mol. The Morgan fingerprint density at radius 1 is 1.07 bits per heavy atom. The monoisotopic (exact) mass is 385 g/mol. The highest BCUT2D eigenvalue weighted by Crippen LogP contribution is 2.31. The number of benzene rings is 2. The van der Waals surface area contributed by atoms with Gasteiger partial charge < -0.3 is 14.4 Å². The summed E-state index contributed by atoms with van der Waals surface area (Å²) < 4.78 is 11.9. The van der Waals surface area contributed by atoms with Crippen LogP contribution in [-0.4, -0.2) is 56.7 Å². The minimum Gasteiger partial charge on any atom is -0.497 e. The van der Waals surface area contributed by atoms with E-state index in [9.17, 15) is 4.79 Å². The fourth-order valence-corrected chi connectivity index (χ4v) is 3.49. The fraction of sp³-hybridized carbons (Fsp3) is 0.300. The molecule has 0 unspecified atom stereocenters. The lowest BCUT2D eigenvalue weighted by Crippen LogP contribution is -2.39. The van der Waals surface area contributed by atoms with Crippen molar-refractivity contribution in [2.45, 2.75) is 0 Å². The van der Waals surface area contributed by atoms with E-state index in [0.717, 1.165) is 22.5 Å². The van der Waals surface area contributed by atoms with Crippen LogP contribution in [0, 0.1) is 0 Å². The van der Waals surface area contributed by atoms with Crippen LogP contribution >= 0.6 is 11.3 Å². The lowest BCUT2D eigenvalue weighted by atomic mass is 10.3. The predicted octanol–water partition coefficient (Wildman–Crippen LogP) is 3.28. The first-order valence-electron chi connectivity index (χ1n) is 8.64. The van der Waals surface area contributed by atoms with Crippen LogP contribution in [0.2, 0.25) is 0 Å². The van der Waals surface area contributed by atoms with E-state index in [1.165, 1.54) is 11.3 Å². The van der Waals surface area contributed by atoms with Crippen LogP contribution in [0.25, 0.3) is 10.2 Å². The highest BCUT2D eigenvalue weighted by atomic mass is 32.1. The summed E-state index contributed by atoms with van der Waals surface area (Å²) in [5, 5.41) is 0.668. The summed E-state index contributed by atoms with van der Waals surface area (Å²) in [6.07, 6.45) is 0. The lowest BCUT2D eigenvalue weighted by Gasteiger charge is -2.22. The zero-order valence-corrected chi connectivity index (χ0v) is 16.5. The quantitative estimate of drug-likeness (QED) is 0.596. The van der Waals surface area contributed by atoms with E-state index in [4.69, 9.17) is 9.47 Å². The Bertz CT molecular complexity index is 896. The van der Waals surface area contributed by atoms with Gasteiger partial charge >= 0.3 is 0 Å². The average Bonchev–Trinajstić information content (AvgIpc) is 3.09. The summed E-state index contributed by atoms with van der Waals surface area (Å²) in [6, 6.07) is 15.1. The number of likely N-dealkylation sites (N-methyl/N-ethyl adjacent to an activating group) is 1. The molecule has 0 N–H and O–H groups in total. The minimum absolute atomic E-state index is 0.0311. The highest BCUT2D eigenvalue weighted by Gasteiger charge is 2.20. The zero-order chi connectivity index (χ0) is 19.2. The first-order valence-corrected chi connectivity index (χ1v) is 9.46. The maximum absolute atomic E-state index is 12.9. The molecular weight excluding hydrogens is 362 g/mol. The molecule has 0 fully saturated rings. The second-order valence-corrected chi connectivity index (χ2v) is 7.29. The standard InChI is InChI=1S/C20H23N3O3S/c1-22(2)11-12-23(19(24)14-26-15-7-5-4-6-8-15)20-21-17-13-16(25-3)9-10-18(17)27-20/h4-10,13H,11-12,14H2,1-3H3. The number of rotatable bonds is 8. The first kappa shape index (κ1) is 19.1. The van der Waals surface area contributed by atoms with Crippen molar-refractivity contribution in [3.8, 4) is 11.5 Å². The van der Waals surface area contributed by atoms with Crippen molar-refractivity contribution in [2.75, 3.05) is 45.8 Å². The number of para-hydroxylation sites is 1. The van der Waals surface area contributed by atoms with E-state index in [2.05, 4.69) is 4.98 Å². The summed E-state index contributed by atoms with van der Waals surface area (Å²) >= 11 is 1.49. The van der Waals surface area contributed by atoms with Crippen molar-refractivity contribution >= 4 is 32.6 Å². The molecular formula is C20H23N3O3S. The van der Waals surface area contributed by atoms with Gasteiger partial charge in [0.15, 0.2) is 11.7 Å². The zero-order valence-electron chi connectivity index (χ0n) is 15.7. The number of amides is 1. The molecule has 7 heteroatoms. The van der Waals surface area contributed by atoms with Gasteiger partial charge in [-0.2, -0.15) is 0 Å². The highest BCUT2D eigenvalue weighted by molar-refractivity contribution is 7.22. The van der Waals surface area contributed by atoms with Gasteiger partial charge in [0.1, 0.15) is 11.5 Å². The molecule has 1 aromatic heterocycles. The molecule has 27 heavy (non-hydrogen) atoms. The molecule has 0 bridgehead atoms. The number of hydrogen-bond donors (Lipinski definition) is 0. The van der Waals surface area contributed by atoms with Gasteiger partial charge in [-0.3, -0.25) is 9.69 Å². The Morgan fingerprint density at radius 2 is 1.85 bits per heavy atom. The Balaban J connectivity index is 1.80. The second-order valence-electron chi connectivity index (χ2n) is 6.28. The lowest BCUT2D eigenvalue weighted by molar-refractivity contribution is -0.120. The Kier molecular flexibility index (Phi) is 6.26. The van der Waals surface area contributed by atoms with Gasteiger partial charge in [-0.25, -0.2) is 4.98 Å².